The third-order valence-corrected chi connectivity index (χ3v) is 3.71. The highest BCUT2D eigenvalue weighted by Gasteiger charge is 2.18. The van der Waals surface area contributed by atoms with Gasteiger partial charge in [0.2, 0.25) is 0 Å². The van der Waals surface area contributed by atoms with Crippen molar-refractivity contribution >= 4 is 11.6 Å². The van der Waals surface area contributed by atoms with Crippen molar-refractivity contribution in [2.24, 2.45) is 0 Å². The molecule has 0 saturated carbocycles. The fourth-order valence-corrected chi connectivity index (χ4v) is 2.65. The number of aromatic nitrogens is 2. The molecular formula is C14H25N5O. The van der Waals surface area contributed by atoms with Crippen molar-refractivity contribution in [1.82, 2.24) is 14.9 Å². The number of hydrogen-bond acceptors (Lipinski definition) is 6. The Balaban J connectivity index is 2.09. The summed E-state index contributed by atoms with van der Waals surface area (Å²) in [4.78, 5) is 13.4. The molecule has 1 fully saturated rings. The van der Waals surface area contributed by atoms with Gasteiger partial charge in [0.25, 0.3) is 0 Å². The topological polar surface area (TPSA) is 64.5 Å². The molecule has 2 rings (SSSR count). The van der Waals surface area contributed by atoms with Crippen LogP contribution in [0.2, 0.25) is 0 Å². The first-order valence-corrected chi connectivity index (χ1v) is 7.40. The normalized spacial score (nSPS) is 17.1. The molecule has 0 spiro atoms. The molecule has 112 valence electrons. The van der Waals surface area contributed by atoms with E-state index in [2.05, 4.69) is 38.9 Å². The molecule has 2 heterocycles. The van der Waals surface area contributed by atoms with Crippen molar-refractivity contribution < 1.29 is 5.11 Å². The summed E-state index contributed by atoms with van der Waals surface area (Å²) in [5, 5.41) is 12.3. The molecule has 20 heavy (non-hydrogen) atoms. The van der Waals surface area contributed by atoms with Crippen molar-refractivity contribution in [3.05, 3.63) is 11.9 Å². The fraction of sp³-hybridized carbons (Fsp3) is 0.714. The van der Waals surface area contributed by atoms with Gasteiger partial charge in [0.05, 0.1) is 6.61 Å². The molecule has 1 aliphatic heterocycles. The maximum absolute atomic E-state index is 9.05. The first kappa shape index (κ1) is 15.0. The number of aliphatic hydroxyl groups excluding tert-OH is 1. The second-order valence-corrected chi connectivity index (χ2v) is 5.11. The zero-order chi connectivity index (χ0) is 14.4. The molecule has 0 radical (unpaired) electrons. The molecule has 0 atom stereocenters. The summed E-state index contributed by atoms with van der Waals surface area (Å²) in [5.41, 5.74) is 1.12. The molecule has 2 N–H and O–H groups in total. The molecule has 0 amide bonds. The largest absolute Gasteiger partial charge is 0.395 e. The molecule has 0 aliphatic carbocycles. The monoisotopic (exact) mass is 279 g/mol. The highest BCUT2D eigenvalue weighted by molar-refractivity contribution is 5.57. The molecule has 6 nitrogen and oxygen atoms in total. The minimum absolute atomic E-state index is 0.233. The van der Waals surface area contributed by atoms with Crippen molar-refractivity contribution in [2.45, 2.75) is 20.3 Å². The van der Waals surface area contributed by atoms with Crippen LogP contribution >= 0.6 is 0 Å². The van der Waals surface area contributed by atoms with Gasteiger partial charge in [-0.05, 0) is 26.8 Å². The summed E-state index contributed by atoms with van der Waals surface area (Å²) < 4.78 is 0. The van der Waals surface area contributed by atoms with Gasteiger partial charge in [-0.15, -0.1) is 0 Å². The van der Waals surface area contributed by atoms with Gasteiger partial charge >= 0.3 is 0 Å². The van der Waals surface area contributed by atoms with Crippen LogP contribution in [-0.4, -0.2) is 65.8 Å². The van der Waals surface area contributed by atoms with Crippen molar-refractivity contribution in [3.8, 4) is 0 Å². The van der Waals surface area contributed by atoms with Gasteiger partial charge in [0, 0.05) is 38.3 Å². The van der Waals surface area contributed by atoms with Crippen LogP contribution in [-0.2, 0) is 0 Å². The van der Waals surface area contributed by atoms with E-state index in [4.69, 9.17) is 5.11 Å². The van der Waals surface area contributed by atoms with E-state index < -0.39 is 0 Å². The van der Waals surface area contributed by atoms with E-state index >= 15 is 0 Å². The van der Waals surface area contributed by atoms with Crippen LogP contribution < -0.4 is 10.2 Å². The maximum Gasteiger partial charge on any atom is 0.137 e. The Morgan fingerprint density at radius 1 is 1.25 bits per heavy atom. The first-order valence-electron chi connectivity index (χ1n) is 7.40. The van der Waals surface area contributed by atoms with Crippen molar-refractivity contribution in [3.63, 3.8) is 0 Å². The fourth-order valence-electron chi connectivity index (χ4n) is 2.65. The lowest BCUT2D eigenvalue weighted by molar-refractivity contribution is 0.204. The average Bonchev–Trinajstić information content (AvgIpc) is 2.68. The summed E-state index contributed by atoms with van der Waals surface area (Å²) in [6, 6.07) is 0. The third-order valence-electron chi connectivity index (χ3n) is 3.71. The minimum atomic E-state index is 0.233. The molecular weight excluding hydrogens is 254 g/mol. The van der Waals surface area contributed by atoms with Gasteiger partial charge < -0.3 is 15.3 Å². The predicted octanol–water partition coefficient (Wildman–Crippen LogP) is 0.721. The Bertz CT molecular complexity index is 426. The number of rotatable bonds is 5. The number of hydrogen-bond donors (Lipinski definition) is 2. The van der Waals surface area contributed by atoms with Crippen LogP contribution in [0.5, 0.6) is 0 Å². The second-order valence-electron chi connectivity index (χ2n) is 5.11. The van der Waals surface area contributed by atoms with Crippen molar-refractivity contribution in [2.75, 3.05) is 56.1 Å². The van der Waals surface area contributed by atoms with Crippen LogP contribution in [0, 0.1) is 6.92 Å². The minimum Gasteiger partial charge on any atom is -0.395 e. The van der Waals surface area contributed by atoms with Gasteiger partial charge in [-0.2, -0.15) is 0 Å². The number of nitrogens with one attached hydrogen (secondary N) is 1. The molecule has 1 aliphatic rings. The second kappa shape index (κ2) is 7.40. The summed E-state index contributed by atoms with van der Waals surface area (Å²) in [7, 11) is 0. The first-order chi connectivity index (χ1) is 9.76. The Kier molecular flexibility index (Phi) is 5.55. The summed E-state index contributed by atoms with van der Waals surface area (Å²) in [5.74, 6) is 1.95. The SMILES string of the molecule is CCNc1ncnc(N2CCCN(CCO)CC2)c1C. The highest BCUT2D eigenvalue weighted by Crippen LogP contribution is 2.23. The summed E-state index contributed by atoms with van der Waals surface area (Å²) in [6.07, 6.45) is 2.73. The van der Waals surface area contributed by atoms with Crippen LogP contribution in [0.25, 0.3) is 0 Å². The number of aliphatic hydroxyl groups is 1. The lowest BCUT2D eigenvalue weighted by atomic mass is 10.2. The molecule has 1 aromatic heterocycles. The molecule has 6 heteroatoms. The number of β-amino-alcohol motifs (C(OH)–C–C–N with tert-alkyl or cyclic N) is 1. The summed E-state index contributed by atoms with van der Waals surface area (Å²) >= 11 is 0. The van der Waals surface area contributed by atoms with Crippen LogP contribution in [0.3, 0.4) is 0 Å². The lowest BCUT2D eigenvalue weighted by Crippen LogP contribution is -2.33. The Labute approximate surface area is 120 Å². The predicted molar refractivity (Wildman–Crippen MR) is 81.3 cm³/mol. The van der Waals surface area contributed by atoms with Gasteiger partial charge in [-0.3, -0.25) is 4.90 Å². The van der Waals surface area contributed by atoms with Gasteiger partial charge in [-0.1, -0.05) is 0 Å². The smallest absolute Gasteiger partial charge is 0.137 e. The lowest BCUT2D eigenvalue weighted by Gasteiger charge is -2.24. The zero-order valence-corrected chi connectivity index (χ0v) is 12.5. The van der Waals surface area contributed by atoms with E-state index in [-0.39, 0.29) is 6.61 Å². The molecule has 0 aromatic carbocycles. The van der Waals surface area contributed by atoms with Gasteiger partial charge in [-0.25, -0.2) is 9.97 Å². The van der Waals surface area contributed by atoms with E-state index in [9.17, 15) is 0 Å². The van der Waals surface area contributed by atoms with E-state index in [0.717, 1.165) is 62.9 Å². The maximum atomic E-state index is 9.05. The van der Waals surface area contributed by atoms with Crippen LogP contribution in [0.4, 0.5) is 11.6 Å². The average molecular weight is 279 g/mol. The Morgan fingerprint density at radius 2 is 2.10 bits per heavy atom. The Morgan fingerprint density at radius 3 is 2.85 bits per heavy atom. The van der Waals surface area contributed by atoms with Crippen molar-refractivity contribution in [1.29, 1.82) is 0 Å². The van der Waals surface area contributed by atoms with Crippen LogP contribution in [0.15, 0.2) is 6.33 Å². The van der Waals surface area contributed by atoms with Gasteiger partial charge in [0.1, 0.15) is 18.0 Å². The van der Waals surface area contributed by atoms with Crippen LogP contribution in [0.1, 0.15) is 18.9 Å². The quantitative estimate of drug-likeness (QED) is 0.828. The molecule has 1 aromatic rings. The molecule has 0 unspecified atom stereocenters. The number of anilines is 2. The van der Waals surface area contributed by atoms with E-state index in [0.29, 0.717) is 0 Å². The molecule has 0 bridgehead atoms. The van der Waals surface area contributed by atoms with E-state index in [1.54, 1.807) is 6.33 Å². The summed E-state index contributed by atoms with van der Waals surface area (Å²) in [6.45, 7) is 9.97. The number of nitrogens with zero attached hydrogens (tertiary/aromatic N) is 4. The van der Waals surface area contributed by atoms with Gasteiger partial charge in [0.15, 0.2) is 0 Å². The van der Waals surface area contributed by atoms with E-state index in [1.165, 1.54) is 0 Å². The highest BCUT2D eigenvalue weighted by atomic mass is 16.3. The van der Waals surface area contributed by atoms with E-state index in [1.807, 2.05) is 0 Å². The standard InChI is InChI=1S/C14H25N5O/c1-3-15-13-12(2)14(17-11-16-13)19-6-4-5-18(7-8-19)9-10-20/h11,20H,3-10H2,1-2H3,(H,15,16,17). The molecule has 1 saturated heterocycles. The Hall–Kier alpha value is -1.40. The third kappa shape index (κ3) is 3.58. The zero-order valence-electron chi connectivity index (χ0n) is 12.5.